The van der Waals surface area contributed by atoms with E-state index in [0.717, 1.165) is 12.1 Å². The number of amides is 3. The molecule has 2 aliphatic rings. The molecule has 168 valence electrons. The lowest BCUT2D eigenvalue weighted by Crippen LogP contribution is -2.52. The molecule has 4 rings (SSSR count). The number of carbonyl (C=O) groups excluding carboxylic acids is 3. The number of alkyl halides is 3. The van der Waals surface area contributed by atoms with Gasteiger partial charge < -0.3 is 14.7 Å². The zero-order chi connectivity index (χ0) is 22.9. The van der Waals surface area contributed by atoms with Gasteiger partial charge in [-0.3, -0.25) is 19.4 Å². The molecule has 10 heteroatoms. The van der Waals surface area contributed by atoms with Gasteiger partial charge in [-0.1, -0.05) is 6.07 Å². The monoisotopic (exact) mass is 446 g/mol. The summed E-state index contributed by atoms with van der Waals surface area (Å²) in [6, 6.07) is 7.81. The molecule has 32 heavy (non-hydrogen) atoms. The van der Waals surface area contributed by atoms with Crippen molar-refractivity contribution in [1.82, 2.24) is 14.8 Å². The average molecular weight is 446 g/mol. The summed E-state index contributed by atoms with van der Waals surface area (Å²) in [4.78, 5) is 46.3. The highest BCUT2D eigenvalue weighted by molar-refractivity contribution is 6.00. The molecule has 0 radical (unpaired) electrons. The third-order valence-corrected chi connectivity index (χ3v) is 5.77. The first kappa shape index (κ1) is 21.8. The third-order valence-electron chi connectivity index (χ3n) is 5.77. The Labute approximate surface area is 182 Å². The highest BCUT2D eigenvalue weighted by Gasteiger charge is 2.39. The number of hydrogen-bond donors (Lipinski definition) is 0. The van der Waals surface area contributed by atoms with Gasteiger partial charge in [0.2, 0.25) is 11.8 Å². The van der Waals surface area contributed by atoms with E-state index in [1.165, 1.54) is 17.0 Å². The molecule has 0 spiro atoms. The van der Waals surface area contributed by atoms with Gasteiger partial charge in [-0.05, 0) is 30.3 Å². The summed E-state index contributed by atoms with van der Waals surface area (Å²) >= 11 is 0. The summed E-state index contributed by atoms with van der Waals surface area (Å²) < 4.78 is 39.0. The van der Waals surface area contributed by atoms with E-state index in [9.17, 15) is 27.6 Å². The summed E-state index contributed by atoms with van der Waals surface area (Å²) in [6.45, 7) is 1.44. The quantitative estimate of drug-likeness (QED) is 0.726. The van der Waals surface area contributed by atoms with Crippen LogP contribution >= 0.6 is 0 Å². The van der Waals surface area contributed by atoms with Gasteiger partial charge in [-0.25, -0.2) is 0 Å². The van der Waals surface area contributed by atoms with Crippen LogP contribution in [0, 0.1) is 5.92 Å². The lowest BCUT2D eigenvalue weighted by Gasteiger charge is -2.36. The molecular weight excluding hydrogens is 425 g/mol. The maximum atomic E-state index is 13.0. The molecule has 0 saturated carbocycles. The molecule has 0 aliphatic carbocycles. The van der Waals surface area contributed by atoms with Crippen molar-refractivity contribution < 1.29 is 27.6 Å². The summed E-state index contributed by atoms with van der Waals surface area (Å²) in [5.41, 5.74) is -0.182. The second-order valence-corrected chi connectivity index (χ2v) is 7.81. The number of rotatable bonds is 3. The van der Waals surface area contributed by atoms with E-state index >= 15 is 0 Å². The predicted molar refractivity (Wildman–Crippen MR) is 109 cm³/mol. The summed E-state index contributed by atoms with van der Waals surface area (Å²) in [6.07, 6.45) is -1.48. The van der Waals surface area contributed by atoms with E-state index in [0.29, 0.717) is 31.7 Å². The molecule has 2 aliphatic heterocycles. The number of carbonyl (C=O) groups is 3. The van der Waals surface area contributed by atoms with Gasteiger partial charge >= 0.3 is 6.18 Å². The van der Waals surface area contributed by atoms with Gasteiger partial charge in [0.1, 0.15) is 0 Å². The molecule has 1 aromatic carbocycles. The lowest BCUT2D eigenvalue weighted by molar-refractivity contribution is -0.138. The van der Waals surface area contributed by atoms with Gasteiger partial charge in [0.15, 0.2) is 0 Å². The van der Waals surface area contributed by atoms with Crippen LogP contribution in [0.5, 0.6) is 0 Å². The number of nitrogens with zero attached hydrogens (tertiary/aromatic N) is 4. The van der Waals surface area contributed by atoms with E-state index in [4.69, 9.17) is 0 Å². The number of pyridine rings is 1. The minimum absolute atomic E-state index is 0.0368. The van der Waals surface area contributed by atoms with E-state index in [1.807, 2.05) is 0 Å². The minimum Gasteiger partial charge on any atom is -0.339 e. The Bertz CT molecular complexity index is 1020. The van der Waals surface area contributed by atoms with E-state index < -0.39 is 17.7 Å². The van der Waals surface area contributed by atoms with Crippen molar-refractivity contribution in [1.29, 1.82) is 0 Å². The minimum atomic E-state index is -4.51. The topological polar surface area (TPSA) is 73.8 Å². The molecule has 3 amide bonds. The van der Waals surface area contributed by atoms with Crippen molar-refractivity contribution in [3.63, 3.8) is 0 Å². The SMILES string of the molecule is O=C(c1ccncc1)N1CCN(C(=O)[C@@H]2CC(=O)N(c3cccc(C(F)(F)F)c3)C2)CC1. The van der Waals surface area contributed by atoms with Crippen LogP contribution in [-0.4, -0.2) is 65.2 Å². The summed E-state index contributed by atoms with van der Waals surface area (Å²) in [7, 11) is 0. The van der Waals surface area contributed by atoms with Gasteiger partial charge in [0, 0.05) is 62.8 Å². The fraction of sp³-hybridized carbons (Fsp3) is 0.364. The Morgan fingerprint density at radius 3 is 2.28 bits per heavy atom. The van der Waals surface area contributed by atoms with Gasteiger partial charge in [-0.15, -0.1) is 0 Å². The van der Waals surface area contributed by atoms with Crippen molar-refractivity contribution in [2.45, 2.75) is 12.6 Å². The molecule has 1 aromatic heterocycles. The van der Waals surface area contributed by atoms with Crippen molar-refractivity contribution >= 4 is 23.4 Å². The van der Waals surface area contributed by atoms with Crippen LogP contribution in [-0.2, 0) is 15.8 Å². The van der Waals surface area contributed by atoms with Gasteiger partial charge in [-0.2, -0.15) is 13.2 Å². The normalized spacial score (nSPS) is 19.4. The van der Waals surface area contributed by atoms with Crippen LogP contribution in [0.2, 0.25) is 0 Å². The number of hydrogen-bond acceptors (Lipinski definition) is 4. The standard InChI is InChI=1S/C22H21F3N4O3/c23-22(24,25)17-2-1-3-18(13-17)29-14-16(12-19(29)30)21(32)28-10-8-27(9-11-28)20(31)15-4-6-26-7-5-15/h1-7,13,16H,8-12,14H2/t16-/m1/s1. The highest BCUT2D eigenvalue weighted by atomic mass is 19.4. The van der Waals surface area contributed by atoms with E-state index in [2.05, 4.69) is 4.98 Å². The lowest BCUT2D eigenvalue weighted by atomic mass is 10.1. The molecule has 1 atom stereocenters. The van der Waals surface area contributed by atoms with Crippen LogP contribution in [0.25, 0.3) is 0 Å². The largest absolute Gasteiger partial charge is 0.416 e. The van der Waals surface area contributed by atoms with E-state index in [-0.39, 0.29) is 36.4 Å². The van der Waals surface area contributed by atoms with Crippen molar-refractivity contribution in [2.75, 3.05) is 37.6 Å². The van der Waals surface area contributed by atoms with Crippen LogP contribution in [0.3, 0.4) is 0 Å². The van der Waals surface area contributed by atoms with Gasteiger partial charge in [0.25, 0.3) is 5.91 Å². The Hall–Kier alpha value is -3.43. The maximum absolute atomic E-state index is 13.0. The maximum Gasteiger partial charge on any atom is 0.416 e. The van der Waals surface area contributed by atoms with Crippen molar-refractivity contribution in [3.05, 3.63) is 59.9 Å². The van der Waals surface area contributed by atoms with E-state index in [1.54, 1.807) is 34.3 Å². The first-order valence-corrected chi connectivity index (χ1v) is 10.2. The average Bonchev–Trinajstić information content (AvgIpc) is 3.20. The molecule has 0 bridgehead atoms. The second kappa shape index (κ2) is 8.60. The smallest absolute Gasteiger partial charge is 0.339 e. The first-order valence-electron chi connectivity index (χ1n) is 10.2. The number of anilines is 1. The number of aromatic nitrogens is 1. The molecule has 3 heterocycles. The molecule has 0 N–H and O–H groups in total. The van der Waals surface area contributed by atoms with Crippen LogP contribution in [0.4, 0.5) is 18.9 Å². The van der Waals surface area contributed by atoms with Crippen molar-refractivity contribution in [2.24, 2.45) is 5.92 Å². The molecule has 2 fully saturated rings. The summed E-state index contributed by atoms with van der Waals surface area (Å²) in [5.74, 6) is -1.36. The fourth-order valence-corrected chi connectivity index (χ4v) is 4.04. The Kier molecular flexibility index (Phi) is 5.86. The fourth-order valence-electron chi connectivity index (χ4n) is 4.04. The molecule has 2 saturated heterocycles. The Balaban J connectivity index is 1.37. The number of halogens is 3. The van der Waals surface area contributed by atoms with Crippen LogP contribution in [0.1, 0.15) is 22.3 Å². The molecule has 0 unspecified atom stereocenters. The van der Waals surface area contributed by atoms with Crippen molar-refractivity contribution in [3.8, 4) is 0 Å². The number of piperazine rings is 1. The zero-order valence-corrected chi connectivity index (χ0v) is 17.1. The second-order valence-electron chi connectivity index (χ2n) is 7.81. The van der Waals surface area contributed by atoms with Gasteiger partial charge in [0.05, 0.1) is 11.5 Å². The molecule has 7 nitrogen and oxygen atoms in total. The molecular formula is C22H21F3N4O3. The predicted octanol–water partition coefficient (Wildman–Crippen LogP) is 2.44. The first-order chi connectivity index (χ1) is 15.2. The van der Waals surface area contributed by atoms with Crippen LogP contribution < -0.4 is 4.90 Å². The Morgan fingerprint density at radius 1 is 0.969 bits per heavy atom. The number of benzene rings is 1. The van der Waals surface area contributed by atoms with Crippen LogP contribution in [0.15, 0.2) is 48.8 Å². The third kappa shape index (κ3) is 4.44. The highest BCUT2D eigenvalue weighted by Crippen LogP contribution is 2.33. The molecule has 2 aromatic rings. The Morgan fingerprint density at radius 2 is 1.62 bits per heavy atom. The summed E-state index contributed by atoms with van der Waals surface area (Å²) in [5, 5.41) is 0. The zero-order valence-electron chi connectivity index (χ0n) is 17.1.